The monoisotopic (exact) mass is 326 g/mol. The van der Waals surface area contributed by atoms with Gasteiger partial charge >= 0.3 is 0 Å². The Bertz CT molecular complexity index is 894. The van der Waals surface area contributed by atoms with Gasteiger partial charge < -0.3 is 15.6 Å². The van der Waals surface area contributed by atoms with Crippen molar-refractivity contribution in [3.8, 4) is 17.0 Å². The lowest BCUT2D eigenvalue weighted by Gasteiger charge is -2.16. The van der Waals surface area contributed by atoms with Gasteiger partial charge in [-0.2, -0.15) is 0 Å². The number of fused-ring (bicyclic) bond motifs is 1. The minimum atomic E-state index is -0.173. The van der Waals surface area contributed by atoms with Crippen molar-refractivity contribution in [3.05, 3.63) is 42.0 Å². The standard InChI is InChI=1S/C18H22N4O2/c1-18(2,3)17-21-14(15-16(19)20-7-8-22(15)17)13-9-12(24-4)6-5-11(13)10-23/h5-9,23H,10H2,1-4H3,(H2,19,20). The molecule has 6 heteroatoms. The molecule has 0 bridgehead atoms. The molecule has 24 heavy (non-hydrogen) atoms. The predicted octanol–water partition coefficient (Wildman–Crippen LogP) is 2.78. The number of imidazole rings is 1. The molecule has 0 aliphatic heterocycles. The third-order valence-corrected chi connectivity index (χ3v) is 4.00. The van der Waals surface area contributed by atoms with Gasteiger partial charge in [-0.1, -0.05) is 26.8 Å². The fourth-order valence-electron chi connectivity index (χ4n) is 2.82. The Hall–Kier alpha value is -2.60. The predicted molar refractivity (Wildman–Crippen MR) is 94.0 cm³/mol. The highest BCUT2D eigenvalue weighted by Crippen LogP contribution is 2.35. The molecule has 0 saturated heterocycles. The SMILES string of the molecule is COc1ccc(CO)c(-c2nc(C(C)(C)C)n3ccnc(N)c23)c1. The number of hydrogen-bond acceptors (Lipinski definition) is 5. The van der Waals surface area contributed by atoms with E-state index >= 15 is 0 Å². The number of anilines is 1. The highest BCUT2D eigenvalue weighted by atomic mass is 16.5. The molecule has 0 aliphatic carbocycles. The van der Waals surface area contributed by atoms with Crippen molar-refractivity contribution < 1.29 is 9.84 Å². The maximum absolute atomic E-state index is 9.73. The zero-order chi connectivity index (χ0) is 17.5. The van der Waals surface area contributed by atoms with Crippen molar-refractivity contribution in [1.29, 1.82) is 0 Å². The van der Waals surface area contributed by atoms with Crippen LogP contribution in [0.5, 0.6) is 5.75 Å². The number of aromatic nitrogens is 3. The first-order chi connectivity index (χ1) is 11.4. The third-order valence-electron chi connectivity index (χ3n) is 4.00. The molecule has 2 aromatic heterocycles. The highest BCUT2D eigenvalue weighted by molar-refractivity contribution is 5.87. The zero-order valence-corrected chi connectivity index (χ0v) is 14.4. The molecular formula is C18H22N4O2. The molecule has 0 atom stereocenters. The Kier molecular flexibility index (Phi) is 3.93. The number of ether oxygens (including phenoxy) is 1. The average molecular weight is 326 g/mol. The van der Waals surface area contributed by atoms with Crippen molar-refractivity contribution >= 4 is 11.3 Å². The first kappa shape index (κ1) is 16.3. The summed E-state index contributed by atoms with van der Waals surface area (Å²) in [6.07, 6.45) is 3.53. The van der Waals surface area contributed by atoms with Crippen LogP contribution in [0.25, 0.3) is 16.8 Å². The van der Waals surface area contributed by atoms with Gasteiger partial charge in [-0.05, 0) is 17.7 Å². The molecule has 0 radical (unpaired) electrons. The number of benzene rings is 1. The summed E-state index contributed by atoms with van der Waals surface area (Å²) in [4.78, 5) is 9.06. The molecule has 126 valence electrons. The highest BCUT2D eigenvalue weighted by Gasteiger charge is 2.25. The van der Waals surface area contributed by atoms with E-state index in [2.05, 4.69) is 25.8 Å². The summed E-state index contributed by atoms with van der Waals surface area (Å²) in [6.45, 7) is 6.20. The largest absolute Gasteiger partial charge is 0.497 e. The summed E-state index contributed by atoms with van der Waals surface area (Å²) in [5.74, 6) is 1.98. The Morgan fingerprint density at radius 3 is 2.67 bits per heavy atom. The van der Waals surface area contributed by atoms with Crippen molar-refractivity contribution in [1.82, 2.24) is 14.4 Å². The molecule has 1 aromatic carbocycles. The third kappa shape index (κ3) is 2.59. The summed E-state index contributed by atoms with van der Waals surface area (Å²) in [5.41, 5.74) is 8.98. The molecule has 0 unspecified atom stereocenters. The van der Waals surface area contributed by atoms with Crippen LogP contribution in [0.3, 0.4) is 0 Å². The quantitative estimate of drug-likeness (QED) is 0.773. The molecule has 0 amide bonds. The van der Waals surface area contributed by atoms with Gasteiger partial charge in [-0.15, -0.1) is 0 Å². The average Bonchev–Trinajstić information content (AvgIpc) is 2.95. The van der Waals surface area contributed by atoms with Crippen molar-refractivity contribution in [2.45, 2.75) is 32.8 Å². The second-order valence-electron chi connectivity index (χ2n) is 6.75. The lowest BCUT2D eigenvalue weighted by molar-refractivity contribution is 0.282. The van der Waals surface area contributed by atoms with E-state index in [0.717, 1.165) is 22.5 Å². The Labute approximate surface area is 140 Å². The normalized spacial score (nSPS) is 11.9. The van der Waals surface area contributed by atoms with E-state index in [1.807, 2.05) is 28.8 Å². The molecule has 2 heterocycles. The molecule has 6 nitrogen and oxygen atoms in total. The lowest BCUT2D eigenvalue weighted by Crippen LogP contribution is -2.16. The number of rotatable bonds is 3. The topological polar surface area (TPSA) is 85.7 Å². The molecule has 0 aliphatic rings. The van der Waals surface area contributed by atoms with E-state index in [9.17, 15) is 5.11 Å². The Morgan fingerprint density at radius 1 is 1.29 bits per heavy atom. The summed E-state index contributed by atoms with van der Waals surface area (Å²) < 4.78 is 7.30. The Balaban J connectivity index is 2.39. The smallest absolute Gasteiger partial charge is 0.150 e. The first-order valence-electron chi connectivity index (χ1n) is 7.78. The zero-order valence-electron chi connectivity index (χ0n) is 14.4. The van der Waals surface area contributed by atoms with Crippen LogP contribution in [0.15, 0.2) is 30.6 Å². The van der Waals surface area contributed by atoms with Crippen LogP contribution in [0.2, 0.25) is 0 Å². The minimum Gasteiger partial charge on any atom is -0.497 e. The number of nitrogens with zero attached hydrogens (tertiary/aromatic N) is 3. The molecule has 0 fully saturated rings. The second kappa shape index (κ2) is 5.79. The second-order valence-corrected chi connectivity index (χ2v) is 6.75. The van der Waals surface area contributed by atoms with E-state index < -0.39 is 0 Å². The van der Waals surface area contributed by atoms with E-state index in [4.69, 9.17) is 15.5 Å². The van der Waals surface area contributed by atoms with Crippen LogP contribution in [-0.2, 0) is 12.0 Å². The van der Waals surface area contributed by atoms with Gasteiger partial charge in [0.2, 0.25) is 0 Å². The van der Waals surface area contributed by atoms with Gasteiger partial charge in [0.25, 0.3) is 0 Å². The van der Waals surface area contributed by atoms with Gasteiger partial charge in [0, 0.05) is 23.4 Å². The van der Waals surface area contributed by atoms with Crippen LogP contribution >= 0.6 is 0 Å². The minimum absolute atomic E-state index is 0.0939. The van der Waals surface area contributed by atoms with Crippen molar-refractivity contribution in [2.24, 2.45) is 0 Å². The van der Waals surface area contributed by atoms with E-state index in [1.54, 1.807) is 13.3 Å². The fourth-order valence-corrected chi connectivity index (χ4v) is 2.82. The maximum atomic E-state index is 9.73. The van der Waals surface area contributed by atoms with Crippen molar-refractivity contribution in [3.63, 3.8) is 0 Å². The van der Waals surface area contributed by atoms with E-state index in [-0.39, 0.29) is 12.0 Å². The fraction of sp³-hybridized carbons (Fsp3) is 0.333. The number of hydrogen-bond donors (Lipinski definition) is 2. The van der Waals surface area contributed by atoms with Gasteiger partial charge in [0.15, 0.2) is 0 Å². The van der Waals surface area contributed by atoms with E-state index in [1.165, 1.54) is 0 Å². The molecule has 0 spiro atoms. The lowest BCUT2D eigenvalue weighted by atomic mass is 9.96. The number of nitrogen functional groups attached to an aromatic ring is 1. The number of methoxy groups -OCH3 is 1. The molecule has 0 saturated carbocycles. The van der Waals surface area contributed by atoms with Crippen molar-refractivity contribution in [2.75, 3.05) is 12.8 Å². The molecular weight excluding hydrogens is 304 g/mol. The van der Waals surface area contributed by atoms with Gasteiger partial charge in [-0.25, -0.2) is 9.97 Å². The van der Waals surface area contributed by atoms with Crippen LogP contribution < -0.4 is 10.5 Å². The first-order valence-corrected chi connectivity index (χ1v) is 7.78. The number of aliphatic hydroxyl groups excluding tert-OH is 1. The van der Waals surface area contributed by atoms with Gasteiger partial charge in [0.1, 0.15) is 28.6 Å². The van der Waals surface area contributed by atoms with Gasteiger partial charge in [-0.3, -0.25) is 4.40 Å². The number of nitrogens with two attached hydrogens (primary N) is 1. The maximum Gasteiger partial charge on any atom is 0.150 e. The van der Waals surface area contributed by atoms with E-state index in [0.29, 0.717) is 17.3 Å². The molecule has 3 N–H and O–H groups in total. The summed E-state index contributed by atoms with van der Waals surface area (Å²) in [5, 5.41) is 9.73. The van der Waals surface area contributed by atoms with Crippen LogP contribution in [-0.4, -0.2) is 26.6 Å². The Morgan fingerprint density at radius 2 is 2.04 bits per heavy atom. The molecule has 3 rings (SSSR count). The number of aliphatic hydroxyl groups is 1. The van der Waals surface area contributed by atoms with Crippen LogP contribution in [0, 0.1) is 0 Å². The van der Waals surface area contributed by atoms with Crippen LogP contribution in [0.4, 0.5) is 5.82 Å². The van der Waals surface area contributed by atoms with Gasteiger partial charge in [0.05, 0.1) is 13.7 Å². The summed E-state index contributed by atoms with van der Waals surface area (Å²) in [6, 6.07) is 5.52. The van der Waals surface area contributed by atoms with Crippen LogP contribution in [0.1, 0.15) is 32.2 Å². The summed E-state index contributed by atoms with van der Waals surface area (Å²) >= 11 is 0. The summed E-state index contributed by atoms with van der Waals surface area (Å²) in [7, 11) is 1.61. The molecule has 3 aromatic rings.